The topological polar surface area (TPSA) is 73.2 Å². The summed E-state index contributed by atoms with van der Waals surface area (Å²) in [5.41, 5.74) is 0.280. The van der Waals surface area contributed by atoms with Gasteiger partial charge in [-0.2, -0.15) is 0 Å². The highest BCUT2D eigenvalue weighted by Crippen LogP contribution is 1.99. The van der Waals surface area contributed by atoms with Crippen molar-refractivity contribution in [3.05, 3.63) is 0 Å². The van der Waals surface area contributed by atoms with E-state index in [2.05, 4.69) is 5.32 Å². The van der Waals surface area contributed by atoms with E-state index in [4.69, 9.17) is 10.5 Å². The molecule has 9 heavy (non-hydrogen) atoms. The highest BCUT2D eigenvalue weighted by Gasteiger charge is 2.26. The normalized spacial score (nSPS) is 26.7. The number of hydrogen-bond donors (Lipinski definition) is 3. The van der Waals surface area contributed by atoms with E-state index in [-0.39, 0.29) is 5.71 Å². The Balaban J connectivity index is 2.60. The molecule has 0 radical (unpaired) electrons. The van der Waals surface area contributed by atoms with Gasteiger partial charge in [0.2, 0.25) is 0 Å². The molecule has 0 aromatic heterocycles. The molecule has 4 heteroatoms. The van der Waals surface area contributed by atoms with Gasteiger partial charge in [-0.3, -0.25) is 10.1 Å². The Morgan fingerprint density at radius 3 is 2.78 bits per heavy atom. The smallest absolute Gasteiger partial charge is 0.326 e. The fraction of sp³-hybridized carbons (Fsp3) is 0.600. The van der Waals surface area contributed by atoms with Gasteiger partial charge in [0.1, 0.15) is 6.04 Å². The van der Waals surface area contributed by atoms with Gasteiger partial charge in [0.05, 0.1) is 0 Å². The molecule has 0 saturated carbocycles. The third-order valence-electron chi connectivity index (χ3n) is 1.34. The Bertz CT molecular complexity index is 155. The lowest BCUT2D eigenvalue weighted by Gasteiger charge is -2.01. The zero-order chi connectivity index (χ0) is 6.85. The molecule has 50 valence electrons. The molecule has 3 N–H and O–H groups in total. The summed E-state index contributed by atoms with van der Waals surface area (Å²) in [5.74, 6) is -0.947. The molecule has 0 aromatic rings. The first-order chi connectivity index (χ1) is 4.22. The Kier molecular flexibility index (Phi) is 1.48. The average Bonchev–Trinajstić information content (AvgIpc) is 2.13. The molecule has 0 aromatic carbocycles. The zero-order valence-corrected chi connectivity index (χ0v) is 4.85. The first-order valence-electron chi connectivity index (χ1n) is 2.75. The molecule has 1 aliphatic rings. The lowest BCUT2D eigenvalue weighted by Crippen LogP contribution is -2.35. The summed E-state index contributed by atoms with van der Waals surface area (Å²) in [7, 11) is 0. The minimum Gasteiger partial charge on any atom is -0.480 e. The molecule has 0 bridgehead atoms. The van der Waals surface area contributed by atoms with Crippen molar-refractivity contribution in [1.82, 2.24) is 5.32 Å². The van der Waals surface area contributed by atoms with Crippen molar-refractivity contribution in [2.45, 2.75) is 12.5 Å². The summed E-state index contributed by atoms with van der Waals surface area (Å²) in [6.45, 7) is 0.621. The van der Waals surface area contributed by atoms with Crippen LogP contribution in [-0.2, 0) is 4.79 Å². The van der Waals surface area contributed by atoms with Gasteiger partial charge in [-0.25, -0.2) is 0 Å². The maximum atomic E-state index is 10.2. The maximum Gasteiger partial charge on any atom is 0.326 e. The van der Waals surface area contributed by atoms with Crippen LogP contribution in [0, 0.1) is 5.41 Å². The van der Waals surface area contributed by atoms with Crippen LogP contribution in [0.25, 0.3) is 0 Å². The molecular weight excluding hydrogens is 120 g/mol. The van der Waals surface area contributed by atoms with Gasteiger partial charge in [-0.15, -0.1) is 0 Å². The van der Waals surface area contributed by atoms with Crippen molar-refractivity contribution in [3.8, 4) is 0 Å². The highest BCUT2D eigenvalue weighted by molar-refractivity contribution is 6.05. The van der Waals surface area contributed by atoms with Gasteiger partial charge in [0, 0.05) is 12.3 Å². The summed E-state index contributed by atoms with van der Waals surface area (Å²) in [6, 6.07) is -0.718. The van der Waals surface area contributed by atoms with Crippen LogP contribution < -0.4 is 5.32 Å². The maximum absolute atomic E-state index is 10.2. The van der Waals surface area contributed by atoms with Crippen molar-refractivity contribution >= 4 is 11.7 Å². The molecule has 1 saturated heterocycles. The van der Waals surface area contributed by atoms with Crippen molar-refractivity contribution < 1.29 is 9.90 Å². The van der Waals surface area contributed by atoms with Crippen LogP contribution in [-0.4, -0.2) is 29.4 Å². The molecular formula is C5H8N2O2. The van der Waals surface area contributed by atoms with Crippen molar-refractivity contribution in [3.63, 3.8) is 0 Å². The molecule has 0 spiro atoms. The highest BCUT2D eigenvalue weighted by atomic mass is 16.4. The van der Waals surface area contributed by atoms with Crippen LogP contribution in [0.3, 0.4) is 0 Å². The first kappa shape index (κ1) is 6.22. The minimum absolute atomic E-state index is 0.280. The molecule has 0 amide bonds. The van der Waals surface area contributed by atoms with E-state index < -0.39 is 12.0 Å². The van der Waals surface area contributed by atoms with E-state index in [0.29, 0.717) is 13.0 Å². The van der Waals surface area contributed by atoms with E-state index in [9.17, 15) is 4.79 Å². The van der Waals surface area contributed by atoms with Crippen molar-refractivity contribution in [2.24, 2.45) is 0 Å². The number of aliphatic carboxylic acids is 1. The van der Waals surface area contributed by atoms with Gasteiger partial charge in [-0.1, -0.05) is 0 Å². The predicted octanol–water partition coefficient (Wildman–Crippen LogP) is -0.547. The number of carboxylic acid groups (broad SMARTS) is 1. The molecule has 0 aliphatic carbocycles. The number of carboxylic acids is 1. The van der Waals surface area contributed by atoms with Crippen LogP contribution in [0.4, 0.5) is 0 Å². The van der Waals surface area contributed by atoms with E-state index in [0.717, 1.165) is 0 Å². The van der Waals surface area contributed by atoms with Crippen LogP contribution in [0.5, 0.6) is 0 Å². The molecule has 1 aliphatic heterocycles. The second-order valence-electron chi connectivity index (χ2n) is 2.00. The zero-order valence-electron chi connectivity index (χ0n) is 4.85. The van der Waals surface area contributed by atoms with Gasteiger partial charge in [0.25, 0.3) is 0 Å². The van der Waals surface area contributed by atoms with E-state index >= 15 is 0 Å². The molecule has 1 heterocycles. The number of rotatable bonds is 1. The average molecular weight is 128 g/mol. The Labute approximate surface area is 52.4 Å². The number of nitrogens with one attached hydrogen (secondary N) is 2. The van der Waals surface area contributed by atoms with Crippen LogP contribution in [0.1, 0.15) is 6.42 Å². The summed E-state index contributed by atoms with van der Waals surface area (Å²) >= 11 is 0. The third-order valence-corrected chi connectivity index (χ3v) is 1.34. The molecule has 1 rings (SSSR count). The SMILES string of the molecule is N=C1CCN[C@@H]1C(=O)O. The fourth-order valence-electron chi connectivity index (χ4n) is 0.855. The second-order valence-corrected chi connectivity index (χ2v) is 2.00. The Hall–Kier alpha value is -0.900. The predicted molar refractivity (Wildman–Crippen MR) is 31.8 cm³/mol. The third kappa shape index (κ3) is 1.08. The lowest BCUT2D eigenvalue weighted by molar-refractivity contribution is -0.137. The summed E-state index contributed by atoms with van der Waals surface area (Å²) in [6.07, 6.45) is 0.566. The van der Waals surface area contributed by atoms with Crippen LogP contribution in [0.2, 0.25) is 0 Å². The number of carbonyl (C=O) groups is 1. The van der Waals surface area contributed by atoms with Gasteiger partial charge in [0.15, 0.2) is 0 Å². The van der Waals surface area contributed by atoms with Crippen molar-refractivity contribution in [2.75, 3.05) is 6.54 Å². The fourth-order valence-corrected chi connectivity index (χ4v) is 0.855. The molecule has 1 fully saturated rings. The molecule has 4 nitrogen and oxygen atoms in total. The minimum atomic E-state index is -0.947. The standard InChI is InChI=1S/C5H8N2O2/c6-3-1-2-7-4(3)5(8)9/h4,6-7H,1-2H2,(H,8,9)/t4-/m0/s1. The quantitative estimate of drug-likeness (QED) is 0.443. The van der Waals surface area contributed by atoms with Gasteiger partial charge < -0.3 is 10.5 Å². The van der Waals surface area contributed by atoms with E-state index in [1.807, 2.05) is 0 Å². The van der Waals surface area contributed by atoms with Gasteiger partial charge in [-0.05, 0) is 6.42 Å². The van der Waals surface area contributed by atoms with E-state index in [1.54, 1.807) is 0 Å². The number of hydrogen-bond acceptors (Lipinski definition) is 3. The summed E-state index contributed by atoms with van der Waals surface area (Å²) in [5, 5.41) is 18.2. The summed E-state index contributed by atoms with van der Waals surface area (Å²) < 4.78 is 0. The monoisotopic (exact) mass is 128 g/mol. The molecule has 0 unspecified atom stereocenters. The second kappa shape index (κ2) is 2.14. The Morgan fingerprint density at radius 2 is 2.56 bits per heavy atom. The first-order valence-corrected chi connectivity index (χ1v) is 2.75. The van der Waals surface area contributed by atoms with Crippen LogP contribution in [0.15, 0.2) is 0 Å². The van der Waals surface area contributed by atoms with Crippen molar-refractivity contribution in [1.29, 1.82) is 5.41 Å². The van der Waals surface area contributed by atoms with Crippen LogP contribution >= 0.6 is 0 Å². The van der Waals surface area contributed by atoms with E-state index in [1.165, 1.54) is 0 Å². The van der Waals surface area contributed by atoms with Gasteiger partial charge >= 0.3 is 5.97 Å². The summed E-state index contributed by atoms with van der Waals surface area (Å²) in [4.78, 5) is 10.2. The lowest BCUT2D eigenvalue weighted by atomic mass is 10.2. The molecule has 1 atom stereocenters. The largest absolute Gasteiger partial charge is 0.480 e. The Morgan fingerprint density at radius 1 is 1.89 bits per heavy atom.